The molecule has 606 valence electrons. The molecule has 3 aliphatic rings. The van der Waals surface area contributed by atoms with Crippen molar-refractivity contribution >= 4 is 50.2 Å². The molecule has 0 bridgehead atoms. The van der Waals surface area contributed by atoms with Gasteiger partial charge in [-0.05, 0) is 222 Å². The third-order valence-electron chi connectivity index (χ3n) is 26.3. The molecule has 3 unspecified atom stereocenters. The minimum Gasteiger partial charge on any atom is -0.0751 e. The Bertz CT molecular complexity index is 6670. The molecule has 3 atom stereocenters. The van der Waals surface area contributed by atoms with Gasteiger partial charge in [-0.25, -0.2) is 0 Å². The van der Waals surface area contributed by atoms with Crippen molar-refractivity contribution in [3.8, 4) is 33.4 Å². The van der Waals surface area contributed by atoms with Crippen molar-refractivity contribution < 1.29 is 0 Å². The molecule has 0 spiro atoms. The summed E-state index contributed by atoms with van der Waals surface area (Å²) in [4.78, 5) is 0. The quantitative estimate of drug-likeness (QED) is 0.0529. The summed E-state index contributed by atoms with van der Waals surface area (Å²) in [5, 5.41) is 0. The van der Waals surface area contributed by atoms with Crippen LogP contribution in [0.2, 0.25) is 0 Å². The Hall–Kier alpha value is -14.8. The van der Waals surface area contributed by atoms with Crippen LogP contribution in [0.4, 0.5) is 0 Å². The molecular formula is C126H102. The largest absolute Gasteiger partial charge is 0.0751 e. The molecule has 0 aliphatic heterocycles. The molecule has 0 nitrogen and oxygen atoms in total. The molecule has 0 heteroatoms. The summed E-state index contributed by atoms with van der Waals surface area (Å²) in [5.74, 6) is 0. The molecule has 16 aromatic rings. The number of hydrogen-bond donors (Lipinski definition) is 0. The Kier molecular flexibility index (Phi) is 23.6. The van der Waals surface area contributed by atoms with Gasteiger partial charge in [0, 0.05) is 16.2 Å². The highest BCUT2D eigenvalue weighted by atomic mass is 14.6. The second-order valence-corrected chi connectivity index (χ2v) is 33.5. The molecular weight excluding hydrogens is 1510 g/mol. The lowest BCUT2D eigenvalue weighted by molar-refractivity contribution is 0.632. The van der Waals surface area contributed by atoms with E-state index in [9.17, 15) is 0 Å². The fraction of sp³-hybridized carbons (Fsp3) is 0.0952. The van der Waals surface area contributed by atoms with E-state index < -0.39 is 16.2 Å². The zero-order valence-electron chi connectivity index (χ0n) is 72.0. The number of benzene rings is 16. The van der Waals surface area contributed by atoms with Crippen LogP contribution >= 0.6 is 0 Å². The predicted molar refractivity (Wildman–Crippen MR) is 536 cm³/mol. The van der Waals surface area contributed by atoms with Gasteiger partial charge in [-0.15, -0.1) is 0 Å². The van der Waals surface area contributed by atoms with Gasteiger partial charge in [0.15, 0.2) is 0 Å². The second kappa shape index (κ2) is 36.7. The summed E-state index contributed by atoms with van der Waals surface area (Å²) >= 11 is 0. The summed E-state index contributed by atoms with van der Waals surface area (Å²) in [6.45, 7) is 6.91. The predicted octanol–water partition coefficient (Wildman–Crippen LogP) is 32.2. The molecule has 3 aliphatic carbocycles. The average molecular weight is 1620 g/mol. The van der Waals surface area contributed by atoms with Crippen molar-refractivity contribution in [3.05, 3.63) is 592 Å². The van der Waals surface area contributed by atoms with Crippen LogP contribution in [0.5, 0.6) is 0 Å². The van der Waals surface area contributed by atoms with Crippen LogP contribution in [0.25, 0.3) is 83.5 Å². The fourth-order valence-corrected chi connectivity index (χ4v) is 20.3. The summed E-state index contributed by atoms with van der Waals surface area (Å²) in [6.07, 6.45) is 27.7. The number of rotatable bonds is 24. The van der Waals surface area contributed by atoms with Crippen LogP contribution in [-0.4, -0.2) is 0 Å². The lowest BCUT2D eigenvalue weighted by atomic mass is 9.52. The Morgan fingerprint density at radius 2 is 0.381 bits per heavy atom. The third kappa shape index (κ3) is 15.7. The number of aryl methyl sites for hydroxylation is 3. The lowest BCUT2D eigenvalue weighted by Gasteiger charge is -2.50. The first kappa shape index (κ1) is 80.9. The van der Waals surface area contributed by atoms with E-state index in [1.807, 2.05) is 0 Å². The molecule has 19 rings (SSSR count). The molecule has 126 heavy (non-hydrogen) atoms. The number of allylic oxidation sites excluding steroid dienone is 15. The van der Waals surface area contributed by atoms with Gasteiger partial charge in [0.2, 0.25) is 0 Å². The van der Waals surface area contributed by atoms with E-state index in [1.165, 1.54) is 72.4 Å². The van der Waals surface area contributed by atoms with E-state index in [4.69, 9.17) is 0 Å². The zero-order chi connectivity index (χ0) is 85.1. The highest BCUT2D eigenvalue weighted by Gasteiger charge is 2.54. The average Bonchev–Trinajstić information content (AvgIpc) is 0.669. The van der Waals surface area contributed by atoms with E-state index in [2.05, 4.69) is 512 Å². The maximum atomic E-state index is 2.73. The van der Waals surface area contributed by atoms with Crippen LogP contribution in [0.3, 0.4) is 0 Å². The summed E-state index contributed by atoms with van der Waals surface area (Å²) in [7, 11) is 0. The summed E-state index contributed by atoms with van der Waals surface area (Å²) < 4.78 is 0. The molecule has 0 radical (unpaired) electrons. The summed E-state index contributed by atoms with van der Waals surface area (Å²) in [6, 6.07) is 166. The van der Waals surface area contributed by atoms with Gasteiger partial charge in [0.05, 0.1) is 0 Å². The first-order valence-corrected chi connectivity index (χ1v) is 45.0. The van der Waals surface area contributed by atoms with Gasteiger partial charge in [0.1, 0.15) is 0 Å². The summed E-state index contributed by atoms with van der Waals surface area (Å²) in [5.41, 5.74) is 34.9. The van der Waals surface area contributed by atoms with E-state index in [-0.39, 0.29) is 0 Å². The lowest BCUT2D eigenvalue weighted by Crippen LogP contribution is -2.39. The molecule has 0 N–H and O–H groups in total. The van der Waals surface area contributed by atoms with Crippen LogP contribution in [0, 0.1) is 0 Å². The normalized spacial score (nSPS) is 16.4. The molecule has 0 saturated carbocycles. The van der Waals surface area contributed by atoms with E-state index >= 15 is 0 Å². The smallest absolute Gasteiger partial charge is 0.0444 e. The van der Waals surface area contributed by atoms with Crippen molar-refractivity contribution in [1.29, 1.82) is 0 Å². The van der Waals surface area contributed by atoms with Crippen LogP contribution in [0.15, 0.2) is 491 Å². The number of hydrogen-bond acceptors (Lipinski definition) is 0. The zero-order valence-corrected chi connectivity index (χ0v) is 72.0. The van der Waals surface area contributed by atoms with Crippen molar-refractivity contribution in [2.24, 2.45) is 0 Å². The first-order valence-electron chi connectivity index (χ1n) is 45.0. The topological polar surface area (TPSA) is 0 Å². The Balaban J connectivity index is 1.19. The van der Waals surface area contributed by atoms with Gasteiger partial charge in [-0.1, -0.05) is 512 Å². The standard InChI is InChI=1S/C126H102/c1-4-91-67-73-106(74-68-91)115-116(107-75-69-92(5-2)70-76-107)122(125(87-81-98(82-88-125)95-45-21-8-22-46-95)119(110-63-39-17-40-64-110)113(102-53-29-12-30-54-102)103-55-31-13-32-56-103)123(126(89-83-99(84-90-126)96-47-23-9-24-48-96)120(111-65-41-18-42-66-111)114(104-57-33-14-34-58-104)105-59-35-15-36-60-105)117(108-77-71-93(6-3)72-78-108)121(115)124(85-79-97(80-86-124)94-43-19-7-20-44-94)118(109-61-37-16-38-62-109)112(100-49-25-10-26-50-100)101-51-27-11-28-52-101/h7-85,87,89H,4-6,86,88,90H2,1-3H3. The maximum absolute atomic E-state index is 2.73. The highest BCUT2D eigenvalue weighted by molar-refractivity contribution is 6.13. The minimum absolute atomic E-state index is 0.521. The molecule has 0 saturated heterocycles. The Labute approximate surface area is 745 Å². The van der Waals surface area contributed by atoms with Crippen molar-refractivity contribution in [2.75, 3.05) is 0 Å². The molecule has 0 amide bonds. The Morgan fingerprint density at radius 3 is 0.595 bits per heavy atom. The second-order valence-electron chi connectivity index (χ2n) is 33.5. The fourth-order valence-electron chi connectivity index (χ4n) is 20.3. The molecule has 0 fully saturated rings. The molecule has 16 aromatic carbocycles. The van der Waals surface area contributed by atoms with E-state index in [0.29, 0.717) is 19.3 Å². The van der Waals surface area contributed by atoms with E-state index in [0.717, 1.165) is 131 Å². The van der Waals surface area contributed by atoms with Gasteiger partial charge in [-0.2, -0.15) is 0 Å². The van der Waals surface area contributed by atoms with Crippen LogP contribution in [0.1, 0.15) is 140 Å². The van der Waals surface area contributed by atoms with Crippen LogP contribution in [-0.2, 0) is 35.5 Å². The maximum Gasteiger partial charge on any atom is 0.0444 e. The SMILES string of the molecule is CCc1ccc(-c2c(-c3ccc(CC)cc3)c(C3(C(=C(c4ccccc4)c4ccccc4)c4ccccc4)C=CC(c4ccccc4)=CC3)c(C3(C(=C(c4ccccc4)c4ccccc4)c4ccccc4)C=CC(c4ccccc4)=CC3)c(-c3ccc(CC)cc3)c2C2(C(=C(c3ccccc3)c3ccccc3)c3ccccc3)C=CC(c3ccccc3)=CC2)cc1. The molecule has 0 heterocycles. The van der Waals surface area contributed by atoms with E-state index in [1.54, 1.807) is 0 Å². The minimum atomic E-state index is -1.18. The van der Waals surface area contributed by atoms with Crippen LogP contribution < -0.4 is 0 Å². The van der Waals surface area contributed by atoms with Gasteiger partial charge < -0.3 is 0 Å². The first-order chi connectivity index (χ1) is 62.3. The van der Waals surface area contributed by atoms with Crippen molar-refractivity contribution in [2.45, 2.75) is 75.5 Å². The van der Waals surface area contributed by atoms with Gasteiger partial charge in [0.25, 0.3) is 0 Å². The van der Waals surface area contributed by atoms with Crippen molar-refractivity contribution in [3.63, 3.8) is 0 Å². The van der Waals surface area contributed by atoms with Gasteiger partial charge in [-0.3, -0.25) is 0 Å². The Morgan fingerprint density at radius 1 is 0.190 bits per heavy atom. The van der Waals surface area contributed by atoms with Crippen molar-refractivity contribution in [1.82, 2.24) is 0 Å². The van der Waals surface area contributed by atoms with Gasteiger partial charge >= 0.3 is 0 Å². The third-order valence-corrected chi connectivity index (χ3v) is 26.3. The monoisotopic (exact) mass is 1610 g/mol. The molecule has 0 aromatic heterocycles. The highest BCUT2D eigenvalue weighted by Crippen LogP contribution is 2.67.